The molecule has 0 aromatic carbocycles. The molecule has 0 aromatic rings. The molecule has 1 N–H and O–H groups in total. The summed E-state index contributed by atoms with van der Waals surface area (Å²) in [6.45, 7) is 5.11. The smallest absolute Gasteiger partial charge is 0.226 e. The molecule has 2 fully saturated rings. The van der Waals surface area contributed by atoms with Crippen LogP contribution < -0.4 is 5.32 Å². The largest absolute Gasteiger partial charge is 0.355 e. The molecule has 1 aliphatic heterocycles. The van der Waals surface area contributed by atoms with Crippen molar-refractivity contribution in [2.45, 2.75) is 20.3 Å². The molecule has 0 aromatic heterocycles. The molecule has 1 amide bonds. The van der Waals surface area contributed by atoms with Crippen LogP contribution in [0, 0.1) is 10.8 Å². The van der Waals surface area contributed by atoms with Crippen molar-refractivity contribution in [1.29, 1.82) is 0 Å². The first kappa shape index (κ1) is 5.27. The van der Waals surface area contributed by atoms with Crippen molar-refractivity contribution in [2.75, 3.05) is 6.54 Å². The molecule has 1 aliphatic carbocycles. The third-order valence-electron chi connectivity index (χ3n) is 3.09. The first-order valence-electron chi connectivity index (χ1n) is 3.37. The molecule has 1 saturated heterocycles. The van der Waals surface area contributed by atoms with Gasteiger partial charge in [-0.25, -0.2) is 0 Å². The first-order chi connectivity index (χ1) is 4.08. The maximum absolute atomic E-state index is 11.0. The van der Waals surface area contributed by atoms with E-state index in [1.54, 1.807) is 0 Å². The summed E-state index contributed by atoms with van der Waals surface area (Å²) in [5.41, 5.74) is 0.317. The summed E-state index contributed by atoms with van der Waals surface area (Å²) in [4.78, 5) is 11.0. The SMILES string of the molecule is CC12CNC(=O)C1(C)C2. The number of piperidine rings is 1. The Morgan fingerprint density at radius 1 is 1.56 bits per heavy atom. The Kier molecular flexibility index (Phi) is 0.600. The minimum atomic E-state index is 0.00694. The van der Waals surface area contributed by atoms with Crippen LogP contribution in [-0.4, -0.2) is 12.5 Å². The van der Waals surface area contributed by atoms with E-state index in [2.05, 4.69) is 19.2 Å². The van der Waals surface area contributed by atoms with Crippen LogP contribution >= 0.6 is 0 Å². The Morgan fingerprint density at radius 3 is 2.33 bits per heavy atom. The summed E-state index contributed by atoms with van der Waals surface area (Å²) in [5.74, 6) is 0.255. The van der Waals surface area contributed by atoms with Crippen molar-refractivity contribution in [3.8, 4) is 0 Å². The zero-order valence-corrected chi connectivity index (χ0v) is 5.82. The lowest BCUT2D eigenvalue weighted by molar-refractivity contribution is -0.124. The van der Waals surface area contributed by atoms with Crippen molar-refractivity contribution < 1.29 is 4.79 Å². The first-order valence-corrected chi connectivity index (χ1v) is 3.37. The van der Waals surface area contributed by atoms with Crippen LogP contribution in [0.3, 0.4) is 0 Å². The quantitative estimate of drug-likeness (QED) is 0.502. The molecule has 2 rings (SSSR count). The van der Waals surface area contributed by atoms with Gasteiger partial charge in [0.1, 0.15) is 0 Å². The number of fused-ring (bicyclic) bond motifs is 1. The number of nitrogens with one attached hydrogen (secondary N) is 1. The third kappa shape index (κ3) is 0.373. The second-order valence-electron chi connectivity index (χ2n) is 3.75. The Hall–Kier alpha value is -0.530. The second kappa shape index (κ2) is 1.02. The molecule has 2 aliphatic rings. The van der Waals surface area contributed by atoms with Crippen molar-refractivity contribution in [2.24, 2.45) is 10.8 Å². The van der Waals surface area contributed by atoms with Crippen molar-refractivity contribution in [3.05, 3.63) is 0 Å². The van der Waals surface area contributed by atoms with E-state index in [9.17, 15) is 4.79 Å². The van der Waals surface area contributed by atoms with Gasteiger partial charge in [0.15, 0.2) is 0 Å². The molecule has 0 radical (unpaired) electrons. The molecule has 1 heterocycles. The summed E-state index contributed by atoms with van der Waals surface area (Å²) in [6, 6.07) is 0. The van der Waals surface area contributed by atoms with Crippen LogP contribution in [0.1, 0.15) is 20.3 Å². The van der Waals surface area contributed by atoms with Gasteiger partial charge < -0.3 is 5.32 Å². The van der Waals surface area contributed by atoms with Gasteiger partial charge >= 0.3 is 0 Å². The summed E-state index contributed by atoms with van der Waals surface area (Å²) >= 11 is 0. The summed E-state index contributed by atoms with van der Waals surface area (Å²) in [6.07, 6.45) is 1.09. The Labute approximate surface area is 54.6 Å². The van der Waals surface area contributed by atoms with Crippen LogP contribution in [-0.2, 0) is 4.79 Å². The predicted octanol–water partition coefficient (Wildman–Crippen LogP) is 0.532. The molecule has 2 unspecified atom stereocenters. The van der Waals surface area contributed by atoms with Gasteiger partial charge in [-0.3, -0.25) is 4.79 Å². The average molecular weight is 125 g/mol. The van der Waals surface area contributed by atoms with Gasteiger partial charge in [0.2, 0.25) is 5.91 Å². The van der Waals surface area contributed by atoms with E-state index in [4.69, 9.17) is 0 Å². The average Bonchev–Trinajstić information content (AvgIpc) is 2.26. The highest BCUT2D eigenvalue weighted by atomic mass is 16.2. The summed E-state index contributed by atoms with van der Waals surface area (Å²) in [7, 11) is 0. The van der Waals surface area contributed by atoms with Gasteiger partial charge in [-0.1, -0.05) is 13.8 Å². The molecular weight excluding hydrogens is 114 g/mol. The van der Waals surface area contributed by atoms with Gasteiger partial charge in [-0.05, 0) is 6.42 Å². The minimum absolute atomic E-state index is 0.00694. The van der Waals surface area contributed by atoms with Crippen molar-refractivity contribution in [3.63, 3.8) is 0 Å². The monoisotopic (exact) mass is 125 g/mol. The molecule has 2 atom stereocenters. The van der Waals surface area contributed by atoms with E-state index >= 15 is 0 Å². The highest BCUT2D eigenvalue weighted by molar-refractivity contribution is 5.89. The van der Waals surface area contributed by atoms with E-state index < -0.39 is 0 Å². The van der Waals surface area contributed by atoms with E-state index in [1.807, 2.05) is 0 Å². The van der Waals surface area contributed by atoms with Gasteiger partial charge in [0.25, 0.3) is 0 Å². The normalized spacial score (nSPS) is 54.7. The van der Waals surface area contributed by atoms with Gasteiger partial charge in [-0.15, -0.1) is 0 Å². The zero-order chi connectivity index (χ0) is 6.70. The fourth-order valence-corrected chi connectivity index (χ4v) is 1.82. The maximum atomic E-state index is 11.0. The highest BCUT2D eigenvalue weighted by Crippen LogP contribution is 2.65. The third-order valence-corrected chi connectivity index (χ3v) is 3.09. The number of rotatable bonds is 0. The van der Waals surface area contributed by atoms with Crippen LogP contribution in [0.2, 0.25) is 0 Å². The van der Waals surface area contributed by atoms with Crippen LogP contribution in [0.4, 0.5) is 0 Å². The molecule has 2 nitrogen and oxygen atoms in total. The van der Waals surface area contributed by atoms with Crippen molar-refractivity contribution >= 4 is 5.91 Å². The van der Waals surface area contributed by atoms with Gasteiger partial charge in [0.05, 0.1) is 5.41 Å². The molecule has 50 valence electrons. The number of hydrogen-bond donors (Lipinski definition) is 1. The second-order valence-corrected chi connectivity index (χ2v) is 3.75. The molecule has 0 spiro atoms. The number of amides is 1. The number of carbonyl (C=O) groups excluding carboxylic acids is 1. The molecule has 0 bridgehead atoms. The summed E-state index contributed by atoms with van der Waals surface area (Å²) in [5, 5.41) is 2.86. The lowest BCUT2D eigenvalue weighted by Crippen LogP contribution is -2.23. The van der Waals surface area contributed by atoms with E-state index in [0.29, 0.717) is 5.41 Å². The standard InChI is InChI=1S/C7H11NO/c1-6-3-7(6,2)5(9)8-4-6/h3-4H2,1-2H3,(H,8,9). The van der Waals surface area contributed by atoms with Crippen LogP contribution in [0.5, 0.6) is 0 Å². The predicted molar refractivity (Wildman–Crippen MR) is 33.8 cm³/mol. The maximum Gasteiger partial charge on any atom is 0.226 e. The van der Waals surface area contributed by atoms with Gasteiger partial charge in [-0.2, -0.15) is 0 Å². The highest BCUT2D eigenvalue weighted by Gasteiger charge is 2.69. The Morgan fingerprint density at radius 2 is 2.22 bits per heavy atom. The van der Waals surface area contributed by atoms with Crippen LogP contribution in [0.25, 0.3) is 0 Å². The Bertz CT molecular complexity index is 185. The lowest BCUT2D eigenvalue weighted by Gasteiger charge is -1.99. The minimum Gasteiger partial charge on any atom is -0.355 e. The van der Waals surface area contributed by atoms with E-state index in [0.717, 1.165) is 13.0 Å². The van der Waals surface area contributed by atoms with E-state index in [-0.39, 0.29) is 11.3 Å². The number of carbonyl (C=O) groups is 1. The fourth-order valence-electron chi connectivity index (χ4n) is 1.82. The zero-order valence-electron chi connectivity index (χ0n) is 5.82. The fraction of sp³-hybridized carbons (Fsp3) is 0.857. The van der Waals surface area contributed by atoms with Crippen LogP contribution in [0.15, 0.2) is 0 Å². The topological polar surface area (TPSA) is 29.1 Å². The molecular formula is C7H11NO. The number of hydrogen-bond acceptors (Lipinski definition) is 1. The molecule has 9 heavy (non-hydrogen) atoms. The van der Waals surface area contributed by atoms with Gasteiger partial charge in [0, 0.05) is 12.0 Å². The van der Waals surface area contributed by atoms with Crippen molar-refractivity contribution in [1.82, 2.24) is 5.32 Å². The Balaban J connectivity index is 2.37. The lowest BCUT2D eigenvalue weighted by atomic mass is 10.0. The molecule has 1 saturated carbocycles. The van der Waals surface area contributed by atoms with E-state index in [1.165, 1.54) is 0 Å². The summed E-state index contributed by atoms with van der Waals surface area (Å²) < 4.78 is 0. The molecule has 2 heteroatoms.